The fourth-order valence-electron chi connectivity index (χ4n) is 3.66. The summed E-state index contributed by atoms with van der Waals surface area (Å²) in [4.78, 5) is 5.70. The summed E-state index contributed by atoms with van der Waals surface area (Å²) in [5.74, 6) is 2.32. The Bertz CT molecular complexity index is 1250. The Balaban J connectivity index is 1.62. The summed E-state index contributed by atoms with van der Waals surface area (Å²) in [6, 6.07) is 16.1. The number of hydrogen-bond acceptors (Lipinski definition) is 6. The van der Waals surface area contributed by atoms with Gasteiger partial charge in [-0.15, -0.1) is 11.3 Å². The minimum absolute atomic E-state index is 0.262. The molecule has 0 unspecified atom stereocenters. The van der Waals surface area contributed by atoms with Crippen molar-refractivity contribution < 1.29 is 14.2 Å². The summed E-state index contributed by atoms with van der Waals surface area (Å²) in [5, 5.41) is 11.6. The van der Waals surface area contributed by atoms with Gasteiger partial charge in [-0.2, -0.15) is 5.26 Å². The number of ether oxygens (including phenoxy) is 3. The molecule has 0 spiro atoms. The molecule has 3 heterocycles. The quantitative estimate of drug-likeness (QED) is 0.459. The molecule has 0 atom stereocenters. The van der Waals surface area contributed by atoms with Gasteiger partial charge in [-0.1, -0.05) is 0 Å². The van der Waals surface area contributed by atoms with E-state index in [-0.39, 0.29) is 6.42 Å². The van der Waals surface area contributed by atoms with Crippen molar-refractivity contribution in [1.82, 2.24) is 9.38 Å². The zero-order valence-corrected chi connectivity index (χ0v) is 17.2. The Morgan fingerprint density at radius 1 is 1.10 bits per heavy atom. The van der Waals surface area contributed by atoms with Gasteiger partial charge in [0.25, 0.3) is 0 Å². The van der Waals surface area contributed by atoms with Crippen molar-refractivity contribution in [3.63, 3.8) is 0 Å². The first-order valence-electron chi connectivity index (χ1n) is 9.77. The summed E-state index contributed by atoms with van der Waals surface area (Å²) in [6.07, 6.45) is 0.262. The van der Waals surface area contributed by atoms with E-state index in [0.29, 0.717) is 19.8 Å². The predicted octanol–water partition coefficient (Wildman–Crippen LogP) is 4.97. The van der Waals surface area contributed by atoms with Crippen molar-refractivity contribution >= 4 is 16.3 Å². The monoisotopic (exact) mass is 417 g/mol. The molecule has 2 aromatic heterocycles. The van der Waals surface area contributed by atoms with E-state index in [1.807, 2.05) is 49.4 Å². The highest BCUT2D eigenvalue weighted by Crippen LogP contribution is 2.38. The molecule has 0 amide bonds. The van der Waals surface area contributed by atoms with Crippen LogP contribution < -0.4 is 14.2 Å². The molecule has 6 nitrogen and oxygen atoms in total. The normalized spacial score (nSPS) is 12.7. The Hall–Kier alpha value is -3.50. The van der Waals surface area contributed by atoms with Gasteiger partial charge in [0.2, 0.25) is 0 Å². The first-order chi connectivity index (χ1) is 14.8. The lowest BCUT2D eigenvalue weighted by atomic mass is 10.1. The third kappa shape index (κ3) is 3.15. The van der Waals surface area contributed by atoms with Crippen molar-refractivity contribution in [3.8, 4) is 45.8 Å². The van der Waals surface area contributed by atoms with Gasteiger partial charge in [0, 0.05) is 16.5 Å². The number of aromatic nitrogens is 2. The maximum Gasteiger partial charge on any atom is 0.194 e. The van der Waals surface area contributed by atoms with E-state index < -0.39 is 0 Å². The van der Waals surface area contributed by atoms with Crippen LogP contribution in [0.15, 0.2) is 47.8 Å². The number of nitrogens with zero attached hydrogens (tertiary/aromatic N) is 3. The van der Waals surface area contributed by atoms with Crippen molar-refractivity contribution in [2.24, 2.45) is 0 Å². The second kappa shape index (κ2) is 7.73. The smallest absolute Gasteiger partial charge is 0.194 e. The molecule has 0 bridgehead atoms. The topological polar surface area (TPSA) is 68.8 Å². The molecule has 5 rings (SSSR count). The van der Waals surface area contributed by atoms with Crippen LogP contribution in [0.5, 0.6) is 17.2 Å². The van der Waals surface area contributed by atoms with E-state index in [2.05, 4.69) is 15.8 Å². The first-order valence-corrected chi connectivity index (χ1v) is 10.7. The van der Waals surface area contributed by atoms with E-state index in [4.69, 9.17) is 19.2 Å². The largest absolute Gasteiger partial charge is 0.494 e. The molecule has 1 aliphatic heterocycles. The predicted molar refractivity (Wildman–Crippen MR) is 115 cm³/mol. The number of rotatable bonds is 5. The molecule has 0 aliphatic carbocycles. The van der Waals surface area contributed by atoms with Gasteiger partial charge in [-0.3, -0.25) is 4.40 Å². The molecule has 0 fully saturated rings. The number of fused-ring (bicyclic) bond motifs is 2. The molecule has 7 heteroatoms. The second-order valence-electron chi connectivity index (χ2n) is 6.80. The van der Waals surface area contributed by atoms with Crippen LogP contribution in [0.4, 0.5) is 0 Å². The minimum Gasteiger partial charge on any atom is -0.494 e. The Labute approximate surface area is 177 Å². The van der Waals surface area contributed by atoms with Crippen molar-refractivity contribution in [1.29, 1.82) is 5.26 Å². The summed E-state index contributed by atoms with van der Waals surface area (Å²) in [6.45, 7) is 3.69. The van der Waals surface area contributed by atoms with E-state index in [9.17, 15) is 5.26 Å². The van der Waals surface area contributed by atoms with Gasteiger partial charge >= 0.3 is 0 Å². The standard InChI is InChI=1S/C23H19N3O3S/c1-2-27-17-6-3-15(4-7-17)22-18(9-10-24)26-19(14-30-23(26)25-22)16-5-8-20-21(13-16)29-12-11-28-20/h3-8,13-14H,2,9,11-12H2,1H3. The molecular weight excluding hydrogens is 398 g/mol. The van der Waals surface area contributed by atoms with Gasteiger partial charge in [0.05, 0.1) is 36.2 Å². The molecular formula is C23H19N3O3S. The Morgan fingerprint density at radius 2 is 1.87 bits per heavy atom. The van der Waals surface area contributed by atoms with Crippen molar-refractivity contribution in [2.75, 3.05) is 19.8 Å². The average Bonchev–Trinajstić information content (AvgIpc) is 3.35. The lowest BCUT2D eigenvalue weighted by Crippen LogP contribution is -2.15. The number of imidazole rings is 1. The average molecular weight is 417 g/mol. The third-order valence-corrected chi connectivity index (χ3v) is 5.81. The fourth-order valence-corrected chi connectivity index (χ4v) is 4.58. The molecule has 2 aromatic carbocycles. The van der Waals surface area contributed by atoms with Crippen LogP contribution >= 0.6 is 11.3 Å². The van der Waals surface area contributed by atoms with Gasteiger partial charge < -0.3 is 14.2 Å². The zero-order valence-electron chi connectivity index (χ0n) is 16.4. The summed E-state index contributed by atoms with van der Waals surface area (Å²) < 4.78 is 19.0. The van der Waals surface area contributed by atoms with Crippen LogP contribution in [-0.4, -0.2) is 29.2 Å². The molecule has 150 valence electrons. The van der Waals surface area contributed by atoms with Crippen LogP contribution in [0, 0.1) is 11.3 Å². The van der Waals surface area contributed by atoms with Gasteiger partial charge in [-0.25, -0.2) is 4.98 Å². The number of nitriles is 1. The van der Waals surface area contributed by atoms with Crippen LogP contribution in [0.3, 0.4) is 0 Å². The first kappa shape index (κ1) is 18.5. The maximum absolute atomic E-state index is 9.50. The minimum atomic E-state index is 0.262. The molecule has 1 aliphatic rings. The lowest BCUT2D eigenvalue weighted by Gasteiger charge is -2.18. The van der Waals surface area contributed by atoms with E-state index >= 15 is 0 Å². The molecule has 0 saturated carbocycles. The van der Waals surface area contributed by atoms with E-state index in [0.717, 1.165) is 50.4 Å². The molecule has 0 saturated heterocycles. The number of thiazole rings is 1. The van der Waals surface area contributed by atoms with Crippen molar-refractivity contribution in [3.05, 3.63) is 53.5 Å². The summed E-state index contributed by atoms with van der Waals surface area (Å²) in [7, 11) is 0. The van der Waals surface area contributed by atoms with Gasteiger partial charge in [0.1, 0.15) is 19.0 Å². The SMILES string of the molecule is CCOc1ccc(-c2nc3scc(-c4ccc5c(c4)OCCO5)n3c2CC#N)cc1. The zero-order chi connectivity index (χ0) is 20.5. The molecule has 0 N–H and O–H groups in total. The Morgan fingerprint density at radius 3 is 2.63 bits per heavy atom. The highest BCUT2D eigenvalue weighted by Gasteiger charge is 2.20. The van der Waals surface area contributed by atoms with Gasteiger partial charge in [0.15, 0.2) is 16.5 Å². The summed E-state index contributed by atoms with van der Waals surface area (Å²) >= 11 is 1.56. The third-order valence-electron chi connectivity index (χ3n) is 4.98. The van der Waals surface area contributed by atoms with E-state index in [1.54, 1.807) is 11.3 Å². The fraction of sp³-hybridized carbons (Fsp3) is 0.217. The molecule has 0 radical (unpaired) electrons. The highest BCUT2D eigenvalue weighted by molar-refractivity contribution is 7.15. The summed E-state index contributed by atoms with van der Waals surface area (Å²) in [5.41, 5.74) is 4.66. The highest BCUT2D eigenvalue weighted by atomic mass is 32.1. The maximum atomic E-state index is 9.50. The van der Waals surface area contributed by atoms with Crippen molar-refractivity contribution in [2.45, 2.75) is 13.3 Å². The van der Waals surface area contributed by atoms with Crippen LogP contribution in [0.1, 0.15) is 12.6 Å². The van der Waals surface area contributed by atoms with Crippen LogP contribution in [0.2, 0.25) is 0 Å². The molecule has 4 aromatic rings. The Kier molecular flexibility index (Phi) is 4.77. The number of benzene rings is 2. The van der Waals surface area contributed by atoms with Crippen LogP contribution in [-0.2, 0) is 6.42 Å². The van der Waals surface area contributed by atoms with E-state index in [1.165, 1.54) is 0 Å². The van der Waals surface area contributed by atoms with Gasteiger partial charge in [-0.05, 0) is 49.4 Å². The van der Waals surface area contributed by atoms with Crippen LogP contribution in [0.25, 0.3) is 27.5 Å². The lowest BCUT2D eigenvalue weighted by molar-refractivity contribution is 0.171. The second-order valence-corrected chi connectivity index (χ2v) is 7.63. The number of hydrogen-bond donors (Lipinski definition) is 0. The molecule has 30 heavy (non-hydrogen) atoms.